The third kappa shape index (κ3) is 5.15. The zero-order valence-electron chi connectivity index (χ0n) is 30.7. The number of thiophene rings is 1. The molecule has 1 aliphatic rings. The molecule has 2 unspecified atom stereocenters. The predicted molar refractivity (Wildman–Crippen MR) is 238 cm³/mol. The molecule has 270 valence electrons. The first kappa shape index (κ1) is 32.3. The Morgan fingerprint density at radius 1 is 0.544 bits per heavy atom. The molecule has 2 atom stereocenters. The summed E-state index contributed by atoms with van der Waals surface area (Å²) < 4.78 is 11.7. The Balaban J connectivity index is 0.960. The van der Waals surface area contributed by atoms with Gasteiger partial charge in [-0.05, 0) is 53.6 Å². The third-order valence-electron chi connectivity index (χ3n) is 11.5. The lowest BCUT2D eigenvalue weighted by atomic mass is 9.98. The Labute approximate surface area is 332 Å². The number of hydrogen-bond donors (Lipinski definition) is 2. The van der Waals surface area contributed by atoms with Crippen LogP contribution in [0.4, 0.5) is 0 Å². The molecule has 0 fully saturated rings. The maximum absolute atomic E-state index is 6.81. The van der Waals surface area contributed by atoms with Gasteiger partial charge < -0.3 is 14.3 Å². The van der Waals surface area contributed by atoms with Crippen molar-refractivity contribution in [2.45, 2.75) is 12.3 Å². The number of rotatable bonds is 5. The van der Waals surface area contributed by atoms with Crippen molar-refractivity contribution in [3.05, 3.63) is 199 Å². The van der Waals surface area contributed by atoms with E-state index in [0.717, 1.165) is 55.6 Å². The highest BCUT2D eigenvalue weighted by molar-refractivity contribution is 7.25. The number of aliphatic imine (C=N–C) groups is 1. The van der Waals surface area contributed by atoms with Crippen LogP contribution in [0.2, 0.25) is 0 Å². The Kier molecular flexibility index (Phi) is 7.24. The monoisotopic (exact) mass is 750 g/mol. The highest BCUT2D eigenvalue weighted by atomic mass is 32.1. The van der Waals surface area contributed by atoms with Crippen molar-refractivity contribution in [3.8, 4) is 16.8 Å². The molecule has 1 aliphatic heterocycles. The molecule has 11 aromatic rings. The van der Waals surface area contributed by atoms with Gasteiger partial charge in [0, 0.05) is 64.1 Å². The van der Waals surface area contributed by atoms with E-state index in [2.05, 4.69) is 185 Å². The smallest absolute Gasteiger partial charge is 0.143 e. The summed E-state index contributed by atoms with van der Waals surface area (Å²) in [6.07, 6.45) is -0.432. The van der Waals surface area contributed by atoms with Crippen LogP contribution in [0.3, 0.4) is 0 Å². The third-order valence-corrected chi connectivity index (χ3v) is 12.6. The molecule has 0 amide bonds. The second-order valence-corrected chi connectivity index (χ2v) is 15.9. The minimum atomic E-state index is -0.221. The summed E-state index contributed by atoms with van der Waals surface area (Å²) in [5.74, 6) is 0.858. The van der Waals surface area contributed by atoms with E-state index in [1.807, 2.05) is 23.5 Å². The number of benzene rings is 8. The fraction of sp³-hybridized carbons (Fsp3) is 0.0392. The molecule has 12 rings (SSSR count). The average molecular weight is 751 g/mol. The molecule has 0 radical (unpaired) electrons. The number of nitrogens with one attached hydrogen (secondary N) is 2. The molecule has 6 heteroatoms. The van der Waals surface area contributed by atoms with Crippen LogP contribution in [0.1, 0.15) is 29.0 Å². The van der Waals surface area contributed by atoms with Gasteiger partial charge in [-0.25, -0.2) is 4.99 Å². The summed E-state index contributed by atoms with van der Waals surface area (Å²) in [5, 5.41) is 14.8. The van der Waals surface area contributed by atoms with Gasteiger partial charge in [0.1, 0.15) is 29.3 Å². The van der Waals surface area contributed by atoms with Gasteiger partial charge in [-0.15, -0.1) is 11.3 Å². The molecule has 4 heterocycles. The van der Waals surface area contributed by atoms with Gasteiger partial charge in [0.2, 0.25) is 0 Å². The van der Waals surface area contributed by atoms with E-state index in [0.29, 0.717) is 0 Å². The molecule has 0 bridgehead atoms. The summed E-state index contributed by atoms with van der Waals surface area (Å²) in [4.78, 5) is 5.14. The molecule has 0 spiro atoms. The largest absolute Gasteiger partial charge is 0.455 e. The summed E-state index contributed by atoms with van der Waals surface area (Å²) in [5.41, 5.74) is 10.9. The van der Waals surface area contributed by atoms with Gasteiger partial charge in [-0.1, -0.05) is 140 Å². The zero-order valence-corrected chi connectivity index (χ0v) is 31.5. The zero-order chi connectivity index (χ0) is 37.5. The van der Waals surface area contributed by atoms with Crippen molar-refractivity contribution in [2.75, 3.05) is 0 Å². The van der Waals surface area contributed by atoms with Gasteiger partial charge >= 0.3 is 0 Å². The maximum atomic E-state index is 6.81. The van der Waals surface area contributed by atoms with Crippen LogP contribution in [-0.4, -0.2) is 10.4 Å². The quantitative estimate of drug-likeness (QED) is 0.184. The molecular weight excluding hydrogens is 717 g/mol. The molecular formula is C51H34N4OS. The SMILES string of the molecule is c1ccc(C2=NC(c3ccccc3)NC(c3cccc4oc5c(-c6ccc7sc8cc(-n9c%10ccccc%10c%10ccccc%109)ccc8c7c6)cccc5c34)N2)cc1. The first-order valence-corrected chi connectivity index (χ1v) is 20.2. The predicted octanol–water partition coefficient (Wildman–Crippen LogP) is 13.1. The summed E-state index contributed by atoms with van der Waals surface area (Å²) >= 11 is 1.85. The number of aromatic nitrogens is 1. The maximum Gasteiger partial charge on any atom is 0.143 e. The van der Waals surface area contributed by atoms with Crippen LogP contribution < -0.4 is 10.6 Å². The Hall–Kier alpha value is -6.99. The lowest BCUT2D eigenvalue weighted by Gasteiger charge is -2.32. The van der Waals surface area contributed by atoms with Crippen molar-refractivity contribution < 1.29 is 4.42 Å². The van der Waals surface area contributed by atoms with Crippen molar-refractivity contribution in [3.63, 3.8) is 0 Å². The molecule has 5 nitrogen and oxygen atoms in total. The average Bonchev–Trinajstić information content (AvgIpc) is 3.96. The molecule has 2 N–H and O–H groups in total. The van der Waals surface area contributed by atoms with E-state index in [1.54, 1.807) is 0 Å². The lowest BCUT2D eigenvalue weighted by molar-refractivity contribution is 0.411. The number of nitrogens with zero attached hydrogens (tertiary/aromatic N) is 2. The first-order valence-electron chi connectivity index (χ1n) is 19.4. The fourth-order valence-electron chi connectivity index (χ4n) is 8.88. The van der Waals surface area contributed by atoms with Gasteiger partial charge in [-0.2, -0.15) is 0 Å². The van der Waals surface area contributed by atoms with Crippen LogP contribution in [0, 0.1) is 0 Å². The molecule has 0 saturated heterocycles. The summed E-state index contributed by atoms with van der Waals surface area (Å²) in [7, 11) is 0. The highest BCUT2D eigenvalue weighted by Crippen LogP contribution is 2.43. The van der Waals surface area contributed by atoms with Gasteiger partial charge in [0.15, 0.2) is 0 Å². The lowest BCUT2D eigenvalue weighted by Crippen LogP contribution is -2.45. The normalized spacial score (nSPS) is 15.9. The van der Waals surface area contributed by atoms with Crippen molar-refractivity contribution >= 4 is 81.1 Å². The van der Waals surface area contributed by atoms with Crippen molar-refractivity contribution in [1.29, 1.82) is 0 Å². The first-order chi connectivity index (χ1) is 28.2. The second-order valence-electron chi connectivity index (χ2n) is 14.8. The topological polar surface area (TPSA) is 54.5 Å². The van der Waals surface area contributed by atoms with E-state index in [4.69, 9.17) is 9.41 Å². The van der Waals surface area contributed by atoms with E-state index < -0.39 is 0 Å². The Morgan fingerprint density at radius 3 is 2.07 bits per heavy atom. The molecule has 8 aromatic carbocycles. The Morgan fingerprint density at radius 2 is 1.26 bits per heavy atom. The number of amidine groups is 1. The van der Waals surface area contributed by atoms with E-state index in [9.17, 15) is 0 Å². The van der Waals surface area contributed by atoms with Crippen LogP contribution in [-0.2, 0) is 0 Å². The second kappa shape index (κ2) is 12.8. The van der Waals surface area contributed by atoms with Crippen LogP contribution in [0.15, 0.2) is 191 Å². The molecule has 57 heavy (non-hydrogen) atoms. The number of para-hydroxylation sites is 3. The van der Waals surface area contributed by atoms with Crippen LogP contribution in [0.5, 0.6) is 0 Å². The summed E-state index contributed by atoms with van der Waals surface area (Å²) in [6.45, 7) is 0. The minimum Gasteiger partial charge on any atom is -0.455 e. The molecule has 0 saturated carbocycles. The Bertz CT molecular complexity index is 3320. The van der Waals surface area contributed by atoms with Crippen LogP contribution >= 0.6 is 11.3 Å². The number of furan rings is 1. The molecule has 3 aromatic heterocycles. The van der Waals surface area contributed by atoms with E-state index in [1.165, 1.54) is 47.7 Å². The highest BCUT2D eigenvalue weighted by Gasteiger charge is 2.28. The van der Waals surface area contributed by atoms with Crippen molar-refractivity contribution in [1.82, 2.24) is 15.2 Å². The number of hydrogen-bond acceptors (Lipinski definition) is 5. The van der Waals surface area contributed by atoms with E-state index in [-0.39, 0.29) is 12.3 Å². The van der Waals surface area contributed by atoms with Gasteiger partial charge in [0.25, 0.3) is 0 Å². The summed E-state index contributed by atoms with van der Waals surface area (Å²) in [6, 6.07) is 64.8. The minimum absolute atomic E-state index is 0.211. The number of fused-ring (bicyclic) bond motifs is 9. The fourth-order valence-corrected chi connectivity index (χ4v) is 10.0. The van der Waals surface area contributed by atoms with Gasteiger partial charge in [-0.3, -0.25) is 5.32 Å². The van der Waals surface area contributed by atoms with Crippen LogP contribution in [0.25, 0.3) is 80.7 Å². The van der Waals surface area contributed by atoms with E-state index >= 15 is 0 Å². The standard InChI is InChI=1S/C51H34N4OS/c1-3-13-31(14-4-1)49-52-50(32-15-5-2-6-16-32)54-51(53-49)40-21-12-24-44-47(40)39-20-11-19-35(48(39)56-44)33-25-28-45-41(29-33)38-27-26-34(30-46(38)57-45)55-42-22-9-7-17-36(42)37-18-8-10-23-43(37)55/h1-30,49,51,53H,(H,52,54). The van der Waals surface area contributed by atoms with Crippen molar-refractivity contribution in [2.24, 2.45) is 4.99 Å². The van der Waals surface area contributed by atoms with Gasteiger partial charge in [0.05, 0.1) is 11.0 Å². The molecule has 0 aliphatic carbocycles.